The van der Waals surface area contributed by atoms with Gasteiger partial charge >= 0.3 is 0 Å². The van der Waals surface area contributed by atoms with Gasteiger partial charge in [0.05, 0.1) is 12.0 Å². The fourth-order valence-corrected chi connectivity index (χ4v) is 3.66. The summed E-state index contributed by atoms with van der Waals surface area (Å²) >= 11 is 0. The number of rotatable bonds is 4. The molecule has 1 aliphatic rings. The quantitative estimate of drug-likeness (QED) is 0.779. The number of benzene rings is 2. The van der Waals surface area contributed by atoms with Crippen molar-refractivity contribution in [2.75, 3.05) is 18.0 Å². The predicted molar refractivity (Wildman–Crippen MR) is 105 cm³/mol. The van der Waals surface area contributed by atoms with Crippen molar-refractivity contribution in [3.8, 4) is 0 Å². The van der Waals surface area contributed by atoms with E-state index in [1.54, 1.807) is 12.4 Å². The lowest BCUT2D eigenvalue weighted by molar-refractivity contribution is -0.125. The van der Waals surface area contributed by atoms with E-state index in [9.17, 15) is 4.79 Å². The number of hydrogen-bond acceptors (Lipinski definition) is 3. The summed E-state index contributed by atoms with van der Waals surface area (Å²) in [4.78, 5) is 19.0. The number of nitrogens with zero attached hydrogens (tertiary/aromatic N) is 2. The third-order valence-electron chi connectivity index (χ3n) is 5.22. The van der Waals surface area contributed by atoms with Crippen LogP contribution < -0.4 is 10.2 Å². The number of nitrogens with one attached hydrogen (secondary N) is 1. The molecule has 2 heterocycles. The molecule has 4 nitrogen and oxygen atoms in total. The van der Waals surface area contributed by atoms with Crippen LogP contribution in [0.5, 0.6) is 0 Å². The molecule has 0 aliphatic carbocycles. The molecule has 1 N–H and O–H groups in total. The van der Waals surface area contributed by atoms with Gasteiger partial charge in [0.15, 0.2) is 0 Å². The fourth-order valence-electron chi connectivity index (χ4n) is 3.66. The summed E-state index contributed by atoms with van der Waals surface area (Å²) in [5.74, 6) is 0.174. The minimum absolute atomic E-state index is 0.00193. The zero-order chi connectivity index (χ0) is 17.9. The largest absolute Gasteiger partial charge is 0.371 e. The Kier molecular flexibility index (Phi) is 4.57. The molecule has 2 unspecified atom stereocenters. The van der Waals surface area contributed by atoms with Crippen LogP contribution >= 0.6 is 0 Å². The molecule has 1 aliphatic heterocycles. The molecule has 2 aromatic carbocycles. The van der Waals surface area contributed by atoms with Crippen LogP contribution in [-0.4, -0.2) is 24.0 Å². The van der Waals surface area contributed by atoms with E-state index in [0.29, 0.717) is 0 Å². The maximum atomic E-state index is 12.7. The molecule has 0 radical (unpaired) electrons. The third-order valence-corrected chi connectivity index (χ3v) is 5.22. The number of anilines is 1. The topological polar surface area (TPSA) is 45.2 Å². The molecule has 2 atom stereocenters. The van der Waals surface area contributed by atoms with E-state index >= 15 is 0 Å². The Morgan fingerprint density at radius 2 is 1.88 bits per heavy atom. The molecule has 3 aromatic rings. The first-order valence-electron chi connectivity index (χ1n) is 9.15. The van der Waals surface area contributed by atoms with Crippen molar-refractivity contribution in [3.05, 3.63) is 72.6 Å². The molecule has 0 bridgehead atoms. The second-order valence-electron chi connectivity index (χ2n) is 6.97. The molecular weight excluding hydrogens is 322 g/mol. The molecule has 4 rings (SSSR count). The molecule has 1 saturated heterocycles. The summed E-state index contributed by atoms with van der Waals surface area (Å²) < 4.78 is 0. The van der Waals surface area contributed by atoms with Gasteiger partial charge in [0, 0.05) is 31.2 Å². The van der Waals surface area contributed by atoms with Gasteiger partial charge in [-0.05, 0) is 47.9 Å². The lowest BCUT2D eigenvalue weighted by Gasteiger charge is -2.20. The second kappa shape index (κ2) is 7.16. The van der Waals surface area contributed by atoms with E-state index in [-0.39, 0.29) is 17.9 Å². The molecule has 4 heteroatoms. The summed E-state index contributed by atoms with van der Waals surface area (Å²) in [5.41, 5.74) is 2.28. The summed E-state index contributed by atoms with van der Waals surface area (Å²) in [6.45, 7) is 3.73. The lowest BCUT2D eigenvalue weighted by atomic mass is 10.0. The number of pyridine rings is 1. The Balaban J connectivity index is 1.41. The van der Waals surface area contributed by atoms with Crippen LogP contribution in [0.25, 0.3) is 10.8 Å². The van der Waals surface area contributed by atoms with Crippen LogP contribution in [0.15, 0.2) is 67.0 Å². The molecule has 0 spiro atoms. The molecule has 132 valence electrons. The smallest absolute Gasteiger partial charge is 0.225 e. The van der Waals surface area contributed by atoms with Crippen molar-refractivity contribution in [2.45, 2.75) is 19.4 Å². The standard InChI is InChI=1S/C22H23N3O/c1-16(18-7-6-17-4-2-3-5-19(17)14-18)24-22(26)20-10-13-25(15-20)21-8-11-23-12-9-21/h2-9,11-12,14,16,20H,10,13,15H2,1H3,(H,24,26). The summed E-state index contributed by atoms with van der Waals surface area (Å²) in [5, 5.41) is 5.62. The van der Waals surface area contributed by atoms with Crippen LogP contribution in [-0.2, 0) is 4.79 Å². The number of fused-ring (bicyclic) bond motifs is 1. The lowest BCUT2D eigenvalue weighted by Crippen LogP contribution is -2.34. The van der Waals surface area contributed by atoms with Crippen molar-refractivity contribution in [1.29, 1.82) is 0 Å². The highest BCUT2D eigenvalue weighted by Crippen LogP contribution is 2.25. The van der Waals surface area contributed by atoms with Gasteiger partial charge in [0.2, 0.25) is 5.91 Å². The van der Waals surface area contributed by atoms with Crippen molar-refractivity contribution >= 4 is 22.4 Å². The number of carbonyl (C=O) groups excluding carboxylic acids is 1. The first kappa shape index (κ1) is 16.6. The molecule has 1 amide bonds. The van der Waals surface area contributed by atoms with Crippen molar-refractivity contribution in [1.82, 2.24) is 10.3 Å². The zero-order valence-electron chi connectivity index (χ0n) is 14.9. The molecule has 26 heavy (non-hydrogen) atoms. The minimum atomic E-state index is 0.00193. The monoisotopic (exact) mass is 345 g/mol. The average Bonchev–Trinajstić information content (AvgIpc) is 3.18. The average molecular weight is 345 g/mol. The second-order valence-corrected chi connectivity index (χ2v) is 6.97. The predicted octanol–water partition coefficient (Wildman–Crippen LogP) is 3.94. The fraction of sp³-hybridized carbons (Fsp3) is 0.273. The number of hydrogen-bond donors (Lipinski definition) is 1. The van der Waals surface area contributed by atoms with Crippen LogP contribution in [0.1, 0.15) is 24.9 Å². The van der Waals surface area contributed by atoms with Crippen LogP contribution in [0.3, 0.4) is 0 Å². The molecule has 1 aromatic heterocycles. The highest BCUT2D eigenvalue weighted by molar-refractivity contribution is 5.84. The van der Waals surface area contributed by atoms with Gasteiger partial charge in [-0.2, -0.15) is 0 Å². The third kappa shape index (κ3) is 3.40. The van der Waals surface area contributed by atoms with E-state index in [4.69, 9.17) is 0 Å². The van der Waals surface area contributed by atoms with E-state index in [1.165, 1.54) is 10.8 Å². The Morgan fingerprint density at radius 1 is 1.12 bits per heavy atom. The first-order chi connectivity index (χ1) is 12.7. The SMILES string of the molecule is CC(NC(=O)C1CCN(c2ccncc2)C1)c1ccc2ccccc2c1. The zero-order valence-corrected chi connectivity index (χ0v) is 14.9. The van der Waals surface area contributed by atoms with Crippen LogP contribution in [0, 0.1) is 5.92 Å². The number of carbonyl (C=O) groups is 1. The normalized spacial score (nSPS) is 18.0. The van der Waals surface area contributed by atoms with E-state index < -0.39 is 0 Å². The van der Waals surface area contributed by atoms with Crippen molar-refractivity contribution in [2.24, 2.45) is 5.92 Å². The molecular formula is C22H23N3O. The van der Waals surface area contributed by atoms with Crippen LogP contribution in [0.4, 0.5) is 5.69 Å². The van der Waals surface area contributed by atoms with Crippen molar-refractivity contribution < 1.29 is 4.79 Å². The van der Waals surface area contributed by atoms with Gasteiger partial charge in [0.1, 0.15) is 0 Å². The molecule has 1 fully saturated rings. The van der Waals surface area contributed by atoms with Crippen LogP contribution in [0.2, 0.25) is 0 Å². The Hall–Kier alpha value is -2.88. The van der Waals surface area contributed by atoms with Gasteiger partial charge in [-0.1, -0.05) is 36.4 Å². The van der Waals surface area contributed by atoms with Gasteiger partial charge in [-0.3, -0.25) is 9.78 Å². The Morgan fingerprint density at radius 3 is 2.69 bits per heavy atom. The minimum Gasteiger partial charge on any atom is -0.371 e. The Bertz CT molecular complexity index is 909. The summed E-state index contributed by atoms with van der Waals surface area (Å²) in [6.07, 6.45) is 4.48. The first-order valence-corrected chi connectivity index (χ1v) is 9.15. The van der Waals surface area contributed by atoms with Crippen molar-refractivity contribution in [3.63, 3.8) is 0 Å². The molecule has 0 saturated carbocycles. The van der Waals surface area contributed by atoms with Gasteiger partial charge in [-0.25, -0.2) is 0 Å². The maximum absolute atomic E-state index is 12.7. The van der Waals surface area contributed by atoms with Gasteiger partial charge in [-0.15, -0.1) is 0 Å². The highest BCUT2D eigenvalue weighted by atomic mass is 16.2. The summed E-state index contributed by atoms with van der Waals surface area (Å²) in [7, 11) is 0. The van der Waals surface area contributed by atoms with E-state index in [1.807, 2.05) is 24.3 Å². The highest BCUT2D eigenvalue weighted by Gasteiger charge is 2.29. The van der Waals surface area contributed by atoms with E-state index in [0.717, 1.165) is 30.8 Å². The summed E-state index contributed by atoms with van der Waals surface area (Å²) in [6, 6.07) is 18.7. The maximum Gasteiger partial charge on any atom is 0.225 e. The van der Waals surface area contributed by atoms with Gasteiger partial charge < -0.3 is 10.2 Å². The number of amides is 1. The number of aromatic nitrogens is 1. The van der Waals surface area contributed by atoms with Gasteiger partial charge in [0.25, 0.3) is 0 Å². The van der Waals surface area contributed by atoms with E-state index in [2.05, 4.69) is 52.5 Å². The Labute approximate surface area is 153 Å².